The number of nitrogens with one attached hydrogen (secondary N) is 1. The molecule has 0 bridgehead atoms. The number of rotatable bonds is 5. The largest absolute Gasteiger partial charge is 0.377 e. The molecule has 5 nitrogen and oxygen atoms in total. The predicted molar refractivity (Wildman–Crippen MR) is 88.3 cm³/mol. The number of carbonyl (C=O) groups excluding carboxylic acids is 1. The molecule has 2 unspecified atom stereocenters. The third-order valence-electron chi connectivity index (χ3n) is 4.63. The fourth-order valence-corrected chi connectivity index (χ4v) is 3.27. The lowest BCUT2D eigenvalue weighted by molar-refractivity contribution is -0.138. The molecule has 0 aromatic heterocycles. The zero-order valence-corrected chi connectivity index (χ0v) is 13.8. The second-order valence-corrected chi connectivity index (χ2v) is 6.32. The van der Waals surface area contributed by atoms with Crippen LogP contribution in [0.25, 0.3) is 0 Å². The minimum absolute atomic E-state index is 0.0212. The monoisotopic (exact) mass is 318 g/mol. The summed E-state index contributed by atoms with van der Waals surface area (Å²) in [7, 11) is 0. The topological polar surface area (TPSA) is 50.8 Å². The number of ether oxygens (including phenoxy) is 2. The average molecular weight is 318 g/mol. The maximum Gasteiger partial charge on any atom is 0.236 e. The zero-order valence-electron chi connectivity index (χ0n) is 13.8. The quantitative estimate of drug-likeness (QED) is 0.897. The first-order valence-corrected chi connectivity index (χ1v) is 8.51. The molecule has 1 aromatic carbocycles. The van der Waals surface area contributed by atoms with Crippen LogP contribution in [0.1, 0.15) is 30.1 Å². The predicted octanol–water partition coefficient (Wildman–Crippen LogP) is 1.66. The van der Waals surface area contributed by atoms with Crippen LogP contribution >= 0.6 is 0 Å². The summed E-state index contributed by atoms with van der Waals surface area (Å²) in [5.41, 5.74) is 2.39. The Labute approximate surface area is 137 Å². The molecule has 0 saturated carbocycles. The van der Waals surface area contributed by atoms with Crippen molar-refractivity contribution in [2.75, 3.05) is 39.4 Å². The minimum atomic E-state index is -0.0212. The van der Waals surface area contributed by atoms with E-state index < -0.39 is 0 Å². The van der Waals surface area contributed by atoms with E-state index in [0.29, 0.717) is 26.2 Å². The average Bonchev–Trinajstić information content (AvgIpc) is 3.09. The van der Waals surface area contributed by atoms with E-state index in [4.69, 9.17) is 9.47 Å². The van der Waals surface area contributed by atoms with Crippen LogP contribution in [0.15, 0.2) is 24.3 Å². The lowest BCUT2D eigenvalue weighted by Crippen LogP contribution is -2.46. The third kappa shape index (κ3) is 4.31. The van der Waals surface area contributed by atoms with Gasteiger partial charge in [0.25, 0.3) is 0 Å². The second kappa shape index (κ2) is 7.90. The molecule has 2 atom stereocenters. The van der Waals surface area contributed by atoms with Gasteiger partial charge in [-0.05, 0) is 30.9 Å². The van der Waals surface area contributed by atoms with Crippen molar-refractivity contribution in [3.05, 3.63) is 35.4 Å². The number of nitrogens with zero attached hydrogens (tertiary/aromatic N) is 1. The number of amides is 1. The van der Waals surface area contributed by atoms with Gasteiger partial charge in [-0.2, -0.15) is 0 Å². The van der Waals surface area contributed by atoms with Crippen LogP contribution in [0.2, 0.25) is 0 Å². The van der Waals surface area contributed by atoms with Gasteiger partial charge in [0, 0.05) is 19.7 Å². The van der Waals surface area contributed by atoms with E-state index in [1.165, 1.54) is 11.1 Å². The summed E-state index contributed by atoms with van der Waals surface area (Å²) in [6.07, 6.45) is 2.47. The van der Waals surface area contributed by atoms with E-state index in [1.807, 2.05) is 17.0 Å². The molecule has 2 heterocycles. The maximum atomic E-state index is 12.4. The smallest absolute Gasteiger partial charge is 0.236 e. The lowest BCUT2D eigenvalue weighted by Gasteiger charge is -2.34. The van der Waals surface area contributed by atoms with Gasteiger partial charge in [0.2, 0.25) is 5.91 Å². The highest BCUT2D eigenvalue weighted by Crippen LogP contribution is 2.24. The second-order valence-electron chi connectivity index (χ2n) is 6.32. The Bertz CT molecular complexity index is 529. The molecule has 23 heavy (non-hydrogen) atoms. The first-order valence-electron chi connectivity index (χ1n) is 8.51. The van der Waals surface area contributed by atoms with Gasteiger partial charge in [-0.1, -0.05) is 24.3 Å². The maximum absolute atomic E-state index is 12.4. The first-order chi connectivity index (χ1) is 11.2. The molecule has 3 rings (SSSR count). The van der Waals surface area contributed by atoms with Crippen molar-refractivity contribution in [2.45, 2.75) is 32.0 Å². The molecular formula is C18H26N2O3. The summed E-state index contributed by atoms with van der Waals surface area (Å²) in [4.78, 5) is 14.3. The summed E-state index contributed by atoms with van der Waals surface area (Å²) >= 11 is 0. The van der Waals surface area contributed by atoms with E-state index >= 15 is 0 Å². The Kier molecular flexibility index (Phi) is 5.65. The normalized spacial score (nSPS) is 24.8. The standard InChI is InChI=1S/C18H26N2O3/c1-14-5-2-3-7-16(14)17-13-20(8-10-23-17)18(21)12-19-11-15-6-4-9-22-15/h2-3,5,7,15,17,19H,4,6,8-13H2,1H3. The van der Waals surface area contributed by atoms with Crippen LogP contribution in [0.4, 0.5) is 0 Å². The van der Waals surface area contributed by atoms with Gasteiger partial charge in [0.1, 0.15) is 6.10 Å². The molecule has 2 fully saturated rings. The van der Waals surface area contributed by atoms with Crippen LogP contribution < -0.4 is 5.32 Å². The SMILES string of the molecule is Cc1ccccc1C1CN(C(=O)CNCC2CCCO2)CCO1. The summed E-state index contributed by atoms with van der Waals surface area (Å²) < 4.78 is 11.4. The van der Waals surface area contributed by atoms with Crippen LogP contribution in [0.5, 0.6) is 0 Å². The van der Waals surface area contributed by atoms with Crippen molar-refractivity contribution >= 4 is 5.91 Å². The van der Waals surface area contributed by atoms with Crippen molar-refractivity contribution in [1.82, 2.24) is 10.2 Å². The molecule has 0 aliphatic carbocycles. The molecule has 1 amide bonds. The van der Waals surface area contributed by atoms with Gasteiger partial charge in [-0.3, -0.25) is 4.79 Å². The zero-order chi connectivity index (χ0) is 16.1. The fraction of sp³-hybridized carbons (Fsp3) is 0.611. The summed E-state index contributed by atoms with van der Waals surface area (Å²) in [5.74, 6) is 0.143. The number of carbonyl (C=O) groups is 1. The summed E-state index contributed by atoms with van der Waals surface area (Å²) in [5, 5.41) is 3.23. The molecule has 5 heteroatoms. The molecule has 1 aromatic rings. The Balaban J connectivity index is 1.49. The number of benzene rings is 1. The molecule has 2 aliphatic heterocycles. The van der Waals surface area contributed by atoms with Crippen molar-refractivity contribution in [3.8, 4) is 0 Å². The third-order valence-corrected chi connectivity index (χ3v) is 4.63. The molecule has 0 radical (unpaired) electrons. The highest BCUT2D eigenvalue weighted by atomic mass is 16.5. The van der Waals surface area contributed by atoms with Crippen molar-refractivity contribution < 1.29 is 14.3 Å². The fourth-order valence-electron chi connectivity index (χ4n) is 3.27. The molecule has 2 saturated heterocycles. The molecule has 0 spiro atoms. The molecule has 126 valence electrons. The van der Waals surface area contributed by atoms with Crippen molar-refractivity contribution in [3.63, 3.8) is 0 Å². The Morgan fingerprint density at radius 2 is 2.17 bits per heavy atom. The Morgan fingerprint density at radius 1 is 1.30 bits per heavy atom. The van der Waals surface area contributed by atoms with Gasteiger partial charge >= 0.3 is 0 Å². The van der Waals surface area contributed by atoms with Gasteiger partial charge < -0.3 is 19.7 Å². The Morgan fingerprint density at radius 3 is 2.96 bits per heavy atom. The summed E-state index contributed by atoms with van der Waals surface area (Å²) in [6, 6.07) is 8.22. The van der Waals surface area contributed by atoms with Crippen molar-refractivity contribution in [1.29, 1.82) is 0 Å². The molecular weight excluding hydrogens is 292 g/mol. The van der Waals surface area contributed by atoms with Crippen LogP contribution in [-0.4, -0.2) is 56.3 Å². The number of aryl methyl sites for hydroxylation is 1. The van der Waals surface area contributed by atoms with Crippen LogP contribution in [0, 0.1) is 6.92 Å². The number of hydrogen-bond acceptors (Lipinski definition) is 4. The van der Waals surface area contributed by atoms with E-state index in [1.54, 1.807) is 0 Å². The number of hydrogen-bond donors (Lipinski definition) is 1. The van der Waals surface area contributed by atoms with Crippen LogP contribution in [-0.2, 0) is 14.3 Å². The Hall–Kier alpha value is -1.43. The van der Waals surface area contributed by atoms with E-state index in [9.17, 15) is 4.79 Å². The molecule has 2 aliphatic rings. The van der Waals surface area contributed by atoms with Crippen molar-refractivity contribution in [2.24, 2.45) is 0 Å². The number of morpholine rings is 1. The van der Waals surface area contributed by atoms with Gasteiger partial charge in [0.05, 0.1) is 25.8 Å². The van der Waals surface area contributed by atoms with E-state index in [-0.39, 0.29) is 18.1 Å². The highest BCUT2D eigenvalue weighted by molar-refractivity contribution is 5.78. The lowest BCUT2D eigenvalue weighted by atomic mass is 10.0. The van der Waals surface area contributed by atoms with Gasteiger partial charge in [-0.25, -0.2) is 0 Å². The highest BCUT2D eigenvalue weighted by Gasteiger charge is 2.26. The van der Waals surface area contributed by atoms with E-state index in [2.05, 4.69) is 24.4 Å². The molecule has 1 N–H and O–H groups in total. The first kappa shape index (κ1) is 16.4. The van der Waals surface area contributed by atoms with Gasteiger partial charge in [0.15, 0.2) is 0 Å². The van der Waals surface area contributed by atoms with Gasteiger partial charge in [-0.15, -0.1) is 0 Å². The summed E-state index contributed by atoms with van der Waals surface area (Å²) in [6.45, 7) is 5.97. The van der Waals surface area contributed by atoms with E-state index in [0.717, 1.165) is 26.0 Å². The minimum Gasteiger partial charge on any atom is -0.377 e. The van der Waals surface area contributed by atoms with Crippen LogP contribution in [0.3, 0.4) is 0 Å².